The number of fused-ring (bicyclic) bond motifs is 1. The molecule has 3 aromatic rings. The molecule has 1 aliphatic carbocycles. The Hall–Kier alpha value is -3.70. The molecule has 0 aromatic heterocycles. The Kier molecular flexibility index (Phi) is 7.89. The zero-order chi connectivity index (χ0) is 27.6. The fraction of sp³-hybridized carbons (Fsp3) is 0.115. The van der Waals surface area contributed by atoms with E-state index in [1.807, 2.05) is 0 Å². The van der Waals surface area contributed by atoms with Crippen molar-refractivity contribution >= 4 is 68.1 Å². The molecule has 0 bridgehead atoms. The maximum Gasteiger partial charge on any atom is 0.259 e. The minimum Gasteiger partial charge on any atom is -0.495 e. The van der Waals surface area contributed by atoms with E-state index in [4.69, 9.17) is 27.9 Å². The van der Waals surface area contributed by atoms with Gasteiger partial charge in [-0.15, -0.1) is 0 Å². The lowest BCUT2D eigenvalue weighted by atomic mass is 9.89. The summed E-state index contributed by atoms with van der Waals surface area (Å²) < 4.78 is 31.3. The highest BCUT2D eigenvalue weighted by molar-refractivity contribution is 7.89. The molecule has 4 rings (SSSR count). The molecule has 3 aromatic carbocycles. The van der Waals surface area contributed by atoms with Gasteiger partial charge in [0.25, 0.3) is 5.91 Å². The van der Waals surface area contributed by atoms with E-state index in [1.165, 1.54) is 39.4 Å². The van der Waals surface area contributed by atoms with Gasteiger partial charge in [0.15, 0.2) is 0 Å². The molecule has 0 unspecified atom stereocenters. The minimum absolute atomic E-state index is 0.0143. The van der Waals surface area contributed by atoms with Crippen molar-refractivity contribution in [3.63, 3.8) is 0 Å². The number of ether oxygens (including phenoxy) is 1. The highest BCUT2D eigenvalue weighted by atomic mass is 35.5. The number of rotatable bonds is 7. The number of nitrogens with zero attached hydrogens (tertiary/aromatic N) is 2. The maximum atomic E-state index is 13.4. The van der Waals surface area contributed by atoms with Crippen LogP contribution in [0.3, 0.4) is 0 Å². The second kappa shape index (κ2) is 11.0. The number of benzene rings is 3. The van der Waals surface area contributed by atoms with Crippen LogP contribution in [0, 0.1) is 0 Å². The average Bonchev–Trinajstić information content (AvgIpc) is 2.89. The molecule has 0 saturated carbocycles. The van der Waals surface area contributed by atoms with E-state index >= 15 is 0 Å². The first-order valence-corrected chi connectivity index (χ1v) is 13.3. The zero-order valence-corrected chi connectivity index (χ0v) is 22.8. The largest absolute Gasteiger partial charge is 0.495 e. The molecule has 2 N–H and O–H groups in total. The predicted octanol–water partition coefficient (Wildman–Crippen LogP) is 4.67. The minimum atomic E-state index is -3.84. The molecule has 0 atom stereocenters. The van der Waals surface area contributed by atoms with Crippen LogP contribution in [-0.4, -0.2) is 51.3 Å². The number of Topliss-reactive ketones (excluding diaryl/α,β-unsaturated/α-hetero) is 1. The Morgan fingerprint density at radius 3 is 2.37 bits per heavy atom. The smallest absolute Gasteiger partial charge is 0.259 e. The highest BCUT2D eigenvalue weighted by Gasteiger charge is 2.31. The number of para-hydroxylation sites is 2. The number of hydrogen-bond acceptors (Lipinski definition) is 7. The van der Waals surface area contributed by atoms with Crippen LogP contribution in [0.1, 0.15) is 11.1 Å². The average molecular weight is 573 g/mol. The second-order valence-electron chi connectivity index (χ2n) is 8.25. The number of amides is 1. The third-order valence-electron chi connectivity index (χ3n) is 5.64. The van der Waals surface area contributed by atoms with Gasteiger partial charge in [0, 0.05) is 19.7 Å². The molecular weight excluding hydrogens is 551 g/mol. The molecule has 12 heteroatoms. The van der Waals surface area contributed by atoms with Crippen LogP contribution in [-0.2, 0) is 19.6 Å². The van der Waals surface area contributed by atoms with Crippen molar-refractivity contribution < 1.29 is 22.7 Å². The van der Waals surface area contributed by atoms with Gasteiger partial charge in [0.05, 0.1) is 34.1 Å². The molecule has 9 nitrogen and oxygen atoms in total. The zero-order valence-electron chi connectivity index (χ0n) is 20.5. The number of carbonyl (C=O) groups excluding carboxylic acids is 2. The third-order valence-corrected chi connectivity index (χ3v) is 8.24. The summed E-state index contributed by atoms with van der Waals surface area (Å²) >= 11 is 12.6. The fourth-order valence-corrected chi connectivity index (χ4v) is 5.34. The van der Waals surface area contributed by atoms with Crippen molar-refractivity contribution in [2.45, 2.75) is 4.90 Å². The van der Waals surface area contributed by atoms with Crippen LogP contribution in [0.2, 0.25) is 10.0 Å². The standard InChI is InChI=1S/C26H22Cl2N4O5S/c1-32(2)38(35,36)23-14-18(27)21(13-19(23)28)30-31-24-16-9-5-4-8-15(16)12-17(25(24)33)26(34)29-20-10-6-7-11-22(20)37-3/h4-14,30H,1-3H3,(H,29,34)/b31-24-. The lowest BCUT2D eigenvalue weighted by Gasteiger charge is -2.18. The van der Waals surface area contributed by atoms with Gasteiger partial charge < -0.3 is 10.1 Å². The third kappa shape index (κ3) is 5.30. The van der Waals surface area contributed by atoms with Crippen LogP contribution >= 0.6 is 23.2 Å². The van der Waals surface area contributed by atoms with Crippen LogP contribution in [0.4, 0.5) is 11.4 Å². The van der Waals surface area contributed by atoms with Crippen molar-refractivity contribution in [1.29, 1.82) is 0 Å². The Morgan fingerprint density at radius 2 is 1.66 bits per heavy atom. The number of sulfonamides is 1. The van der Waals surface area contributed by atoms with Crippen molar-refractivity contribution in [1.82, 2.24) is 4.31 Å². The number of nitrogens with one attached hydrogen (secondary N) is 2. The van der Waals surface area contributed by atoms with E-state index in [-0.39, 0.29) is 31.9 Å². The number of halogens is 2. The van der Waals surface area contributed by atoms with Gasteiger partial charge in [0.2, 0.25) is 15.8 Å². The Labute approximate surface area is 229 Å². The highest BCUT2D eigenvalue weighted by Crippen LogP contribution is 2.33. The molecule has 196 valence electrons. The van der Waals surface area contributed by atoms with E-state index in [2.05, 4.69) is 15.8 Å². The molecule has 0 heterocycles. The molecule has 0 fully saturated rings. The van der Waals surface area contributed by atoms with Crippen molar-refractivity contribution in [3.8, 4) is 5.75 Å². The van der Waals surface area contributed by atoms with Gasteiger partial charge >= 0.3 is 0 Å². The Bertz CT molecular complexity index is 1620. The molecular formula is C26H22Cl2N4O5S. The summed E-state index contributed by atoms with van der Waals surface area (Å²) in [5.41, 5.74) is 4.19. The molecule has 0 saturated heterocycles. The molecule has 38 heavy (non-hydrogen) atoms. The summed E-state index contributed by atoms with van der Waals surface area (Å²) in [4.78, 5) is 26.4. The van der Waals surface area contributed by atoms with E-state index in [0.29, 0.717) is 22.6 Å². The molecule has 0 radical (unpaired) electrons. The van der Waals surface area contributed by atoms with Crippen LogP contribution < -0.4 is 15.5 Å². The van der Waals surface area contributed by atoms with E-state index < -0.39 is 21.7 Å². The Balaban J connectivity index is 1.69. The van der Waals surface area contributed by atoms with Crippen molar-refractivity contribution in [2.24, 2.45) is 5.10 Å². The first-order valence-electron chi connectivity index (χ1n) is 11.1. The molecule has 1 aliphatic rings. The lowest BCUT2D eigenvalue weighted by Crippen LogP contribution is -2.30. The van der Waals surface area contributed by atoms with Crippen molar-refractivity contribution in [3.05, 3.63) is 87.4 Å². The number of hydrazone groups is 1. The summed E-state index contributed by atoms with van der Waals surface area (Å²) in [6.07, 6.45) is 1.49. The van der Waals surface area contributed by atoms with Crippen molar-refractivity contribution in [2.75, 3.05) is 31.9 Å². The monoisotopic (exact) mass is 572 g/mol. The fourth-order valence-electron chi connectivity index (χ4n) is 3.65. The first-order chi connectivity index (χ1) is 18.0. The number of carbonyl (C=O) groups is 2. The van der Waals surface area contributed by atoms with E-state index in [0.717, 1.165) is 4.31 Å². The number of ketones is 1. The summed E-state index contributed by atoms with van der Waals surface area (Å²) in [7, 11) is 0.382. The molecule has 0 spiro atoms. The Morgan fingerprint density at radius 1 is 0.974 bits per heavy atom. The number of methoxy groups -OCH3 is 1. The van der Waals surface area contributed by atoms with Crippen LogP contribution in [0.5, 0.6) is 5.75 Å². The van der Waals surface area contributed by atoms with Crippen LogP contribution in [0.25, 0.3) is 6.08 Å². The maximum absolute atomic E-state index is 13.4. The number of hydrogen-bond donors (Lipinski definition) is 2. The summed E-state index contributed by atoms with van der Waals surface area (Å²) in [5, 5.41) is 6.88. The van der Waals surface area contributed by atoms with Gasteiger partial charge in [-0.2, -0.15) is 5.10 Å². The lowest BCUT2D eigenvalue weighted by molar-refractivity contribution is -0.116. The van der Waals surface area contributed by atoms with Gasteiger partial charge in [-0.05, 0) is 35.9 Å². The molecule has 1 amide bonds. The van der Waals surface area contributed by atoms with Gasteiger partial charge in [0.1, 0.15) is 16.4 Å². The quantitative estimate of drug-likeness (QED) is 0.314. The van der Waals surface area contributed by atoms with Gasteiger partial charge in [-0.25, -0.2) is 12.7 Å². The van der Waals surface area contributed by atoms with E-state index in [9.17, 15) is 18.0 Å². The summed E-state index contributed by atoms with van der Waals surface area (Å²) in [6.45, 7) is 0. The van der Waals surface area contributed by atoms with Gasteiger partial charge in [-0.3, -0.25) is 15.0 Å². The molecule has 0 aliphatic heterocycles. The topological polar surface area (TPSA) is 117 Å². The summed E-state index contributed by atoms with van der Waals surface area (Å²) in [6, 6.07) is 16.3. The second-order valence-corrected chi connectivity index (χ2v) is 11.2. The normalized spacial score (nSPS) is 14.2. The van der Waals surface area contributed by atoms with Gasteiger partial charge in [-0.1, -0.05) is 59.6 Å². The van der Waals surface area contributed by atoms with Crippen LogP contribution in [0.15, 0.2) is 76.2 Å². The summed E-state index contributed by atoms with van der Waals surface area (Å²) in [5.74, 6) is -0.828. The SMILES string of the molecule is COc1ccccc1NC(=O)C1=Cc2ccccc2/C(=N/Nc2cc(Cl)c(S(=O)(=O)N(C)C)cc2Cl)C1=O. The first kappa shape index (κ1) is 27.3. The predicted molar refractivity (Wildman–Crippen MR) is 149 cm³/mol. The van der Waals surface area contributed by atoms with E-state index in [1.54, 1.807) is 48.5 Å². The number of anilines is 2.